The zero-order chi connectivity index (χ0) is 14.2. The van der Waals surface area contributed by atoms with Gasteiger partial charge in [-0.3, -0.25) is 0 Å². The van der Waals surface area contributed by atoms with E-state index in [2.05, 4.69) is 24.3 Å². The maximum absolute atomic E-state index is 10.9. The highest BCUT2D eigenvalue weighted by molar-refractivity contribution is 5.38. The van der Waals surface area contributed by atoms with Crippen LogP contribution in [0, 0.1) is 12.3 Å². The molecule has 2 nitrogen and oxygen atoms in total. The molecule has 0 aliphatic heterocycles. The minimum Gasteiger partial charge on any atom is -0.388 e. The molecule has 0 spiro atoms. The number of aliphatic hydroxyl groups excluding tert-OH is 1. The Balaban J connectivity index is 1.98. The highest BCUT2D eigenvalue weighted by Crippen LogP contribution is 2.45. The molecule has 0 amide bonds. The molecule has 0 bridgehead atoms. The van der Waals surface area contributed by atoms with Gasteiger partial charge in [-0.05, 0) is 42.0 Å². The minimum absolute atomic E-state index is 0.268. The number of aryl methyl sites for hydroxylation is 1. The number of rotatable bonds is 3. The van der Waals surface area contributed by atoms with Crippen molar-refractivity contribution in [3.8, 4) is 0 Å². The second-order valence-electron chi connectivity index (χ2n) is 5.95. The van der Waals surface area contributed by atoms with Gasteiger partial charge in [0.15, 0.2) is 0 Å². The molecule has 0 aromatic heterocycles. The van der Waals surface area contributed by atoms with E-state index in [9.17, 15) is 5.11 Å². The van der Waals surface area contributed by atoms with E-state index in [1.807, 2.05) is 31.2 Å². The quantitative estimate of drug-likeness (QED) is 0.898. The van der Waals surface area contributed by atoms with Crippen LogP contribution in [-0.4, -0.2) is 11.7 Å². The summed E-state index contributed by atoms with van der Waals surface area (Å²) in [6.45, 7) is 2.54. The van der Waals surface area contributed by atoms with Crippen LogP contribution in [0.25, 0.3) is 0 Å². The van der Waals surface area contributed by atoms with Gasteiger partial charge >= 0.3 is 0 Å². The van der Waals surface area contributed by atoms with Crippen molar-refractivity contribution in [1.82, 2.24) is 0 Å². The largest absolute Gasteiger partial charge is 0.388 e. The molecular formula is C18H21NO. The fraction of sp³-hybridized carbons (Fsp3) is 0.333. The van der Waals surface area contributed by atoms with Gasteiger partial charge < -0.3 is 10.8 Å². The smallest absolute Gasteiger partial charge is 0.0867 e. The molecule has 0 fully saturated rings. The van der Waals surface area contributed by atoms with Gasteiger partial charge in [-0.15, -0.1) is 0 Å². The summed E-state index contributed by atoms with van der Waals surface area (Å²) in [7, 11) is 0. The average molecular weight is 267 g/mol. The Morgan fingerprint density at radius 2 is 1.60 bits per heavy atom. The molecule has 104 valence electrons. The lowest BCUT2D eigenvalue weighted by Gasteiger charge is -2.34. The molecule has 20 heavy (non-hydrogen) atoms. The molecule has 0 saturated heterocycles. The monoisotopic (exact) mass is 267 g/mol. The molecular weight excluding hydrogens is 246 g/mol. The summed E-state index contributed by atoms with van der Waals surface area (Å²) in [6, 6.07) is 16.5. The molecule has 2 aromatic rings. The Labute approximate surface area is 120 Å². The predicted octanol–water partition coefficient (Wildman–Crippen LogP) is 2.77. The van der Waals surface area contributed by atoms with Gasteiger partial charge in [-0.1, -0.05) is 48.5 Å². The van der Waals surface area contributed by atoms with Crippen molar-refractivity contribution < 1.29 is 5.11 Å². The summed E-state index contributed by atoms with van der Waals surface area (Å²) in [5.41, 5.74) is 10.6. The molecule has 2 aromatic carbocycles. The Morgan fingerprint density at radius 3 is 2.15 bits per heavy atom. The van der Waals surface area contributed by atoms with Gasteiger partial charge in [0, 0.05) is 12.0 Å². The number of hydrogen-bond donors (Lipinski definition) is 2. The van der Waals surface area contributed by atoms with Crippen molar-refractivity contribution in [2.45, 2.75) is 25.9 Å². The zero-order valence-electron chi connectivity index (χ0n) is 11.8. The zero-order valence-corrected chi connectivity index (χ0v) is 11.8. The highest BCUT2D eigenvalue weighted by atomic mass is 16.3. The van der Waals surface area contributed by atoms with Gasteiger partial charge in [0.25, 0.3) is 0 Å². The number of nitrogens with two attached hydrogens (primary N) is 1. The highest BCUT2D eigenvalue weighted by Gasteiger charge is 2.43. The summed E-state index contributed by atoms with van der Waals surface area (Å²) in [5, 5.41) is 10.9. The number of benzene rings is 2. The van der Waals surface area contributed by atoms with Crippen LogP contribution in [0.2, 0.25) is 0 Å². The van der Waals surface area contributed by atoms with Crippen molar-refractivity contribution in [1.29, 1.82) is 0 Å². The van der Waals surface area contributed by atoms with E-state index in [0.29, 0.717) is 6.54 Å². The third-order valence-corrected chi connectivity index (χ3v) is 4.67. The van der Waals surface area contributed by atoms with E-state index in [1.54, 1.807) is 0 Å². The molecule has 0 heterocycles. The van der Waals surface area contributed by atoms with Crippen molar-refractivity contribution >= 4 is 0 Å². The standard InChI is InChI=1S/C18H21NO/c1-13-6-2-5-9-16(13)17(20)18(12-19)10-14-7-3-4-8-15(14)11-18/h2-9,17,20H,10-12,19H2,1H3. The Morgan fingerprint density at radius 1 is 1.05 bits per heavy atom. The van der Waals surface area contributed by atoms with Crippen LogP contribution in [0.1, 0.15) is 28.4 Å². The fourth-order valence-electron chi connectivity index (χ4n) is 3.40. The molecule has 1 aliphatic carbocycles. The van der Waals surface area contributed by atoms with Crippen molar-refractivity contribution in [2.75, 3.05) is 6.54 Å². The lowest BCUT2D eigenvalue weighted by molar-refractivity contribution is 0.0353. The summed E-state index contributed by atoms with van der Waals surface area (Å²) in [4.78, 5) is 0. The number of aliphatic hydroxyl groups is 1. The third-order valence-electron chi connectivity index (χ3n) is 4.67. The van der Waals surface area contributed by atoms with E-state index >= 15 is 0 Å². The van der Waals surface area contributed by atoms with Gasteiger partial charge in [-0.2, -0.15) is 0 Å². The van der Waals surface area contributed by atoms with Crippen LogP contribution in [0.3, 0.4) is 0 Å². The summed E-state index contributed by atoms with van der Waals surface area (Å²) in [6.07, 6.45) is 1.20. The van der Waals surface area contributed by atoms with Crippen LogP contribution in [0.4, 0.5) is 0 Å². The van der Waals surface area contributed by atoms with Crippen molar-refractivity contribution in [2.24, 2.45) is 11.1 Å². The topological polar surface area (TPSA) is 46.2 Å². The first kappa shape index (κ1) is 13.3. The van der Waals surface area contributed by atoms with E-state index in [1.165, 1.54) is 11.1 Å². The lowest BCUT2D eigenvalue weighted by atomic mass is 9.75. The third kappa shape index (κ3) is 2.05. The van der Waals surface area contributed by atoms with Gasteiger partial charge in [-0.25, -0.2) is 0 Å². The van der Waals surface area contributed by atoms with Crippen LogP contribution in [0.5, 0.6) is 0 Å². The van der Waals surface area contributed by atoms with E-state index in [-0.39, 0.29) is 5.41 Å². The Hall–Kier alpha value is -1.64. The van der Waals surface area contributed by atoms with Gasteiger partial charge in [0.05, 0.1) is 6.10 Å². The SMILES string of the molecule is Cc1ccccc1C(O)C1(CN)Cc2ccccc2C1. The molecule has 1 aliphatic rings. The van der Waals surface area contributed by atoms with Crippen LogP contribution in [0.15, 0.2) is 48.5 Å². The van der Waals surface area contributed by atoms with Crippen LogP contribution >= 0.6 is 0 Å². The predicted molar refractivity (Wildman–Crippen MR) is 81.5 cm³/mol. The van der Waals surface area contributed by atoms with Gasteiger partial charge in [0.1, 0.15) is 0 Å². The lowest BCUT2D eigenvalue weighted by Crippen LogP contribution is -2.38. The molecule has 0 radical (unpaired) electrons. The summed E-state index contributed by atoms with van der Waals surface area (Å²) < 4.78 is 0. The minimum atomic E-state index is -0.513. The Bertz CT molecular complexity index is 595. The summed E-state index contributed by atoms with van der Waals surface area (Å²) in [5.74, 6) is 0. The van der Waals surface area contributed by atoms with E-state index in [4.69, 9.17) is 5.73 Å². The first-order chi connectivity index (χ1) is 9.66. The van der Waals surface area contributed by atoms with Crippen molar-refractivity contribution in [3.05, 3.63) is 70.8 Å². The molecule has 1 atom stereocenters. The molecule has 3 N–H and O–H groups in total. The maximum atomic E-state index is 10.9. The molecule has 3 rings (SSSR count). The number of fused-ring (bicyclic) bond motifs is 1. The van der Waals surface area contributed by atoms with Crippen molar-refractivity contribution in [3.63, 3.8) is 0 Å². The normalized spacial score (nSPS) is 17.8. The second kappa shape index (κ2) is 5.04. The molecule has 1 unspecified atom stereocenters. The maximum Gasteiger partial charge on any atom is 0.0867 e. The van der Waals surface area contributed by atoms with E-state index in [0.717, 1.165) is 24.0 Å². The van der Waals surface area contributed by atoms with Crippen LogP contribution < -0.4 is 5.73 Å². The first-order valence-corrected chi connectivity index (χ1v) is 7.17. The fourth-order valence-corrected chi connectivity index (χ4v) is 3.40. The first-order valence-electron chi connectivity index (χ1n) is 7.17. The van der Waals surface area contributed by atoms with Gasteiger partial charge in [0.2, 0.25) is 0 Å². The van der Waals surface area contributed by atoms with Crippen LogP contribution in [-0.2, 0) is 12.8 Å². The molecule has 2 heteroatoms. The summed E-state index contributed by atoms with van der Waals surface area (Å²) >= 11 is 0. The Kier molecular flexibility index (Phi) is 3.36. The number of hydrogen-bond acceptors (Lipinski definition) is 2. The van der Waals surface area contributed by atoms with E-state index < -0.39 is 6.10 Å². The second-order valence-corrected chi connectivity index (χ2v) is 5.95. The average Bonchev–Trinajstić information content (AvgIpc) is 2.87. The molecule has 0 saturated carbocycles.